The Morgan fingerprint density at radius 1 is 1.44 bits per heavy atom. The van der Waals surface area contributed by atoms with E-state index in [2.05, 4.69) is 4.98 Å². The van der Waals surface area contributed by atoms with Crippen molar-refractivity contribution in [1.82, 2.24) is 4.98 Å². The second kappa shape index (κ2) is 3.85. The van der Waals surface area contributed by atoms with E-state index in [9.17, 15) is 14.0 Å². The van der Waals surface area contributed by atoms with E-state index in [1.807, 2.05) is 22.6 Å². The van der Waals surface area contributed by atoms with Gasteiger partial charge in [0.25, 0.3) is 0 Å². The van der Waals surface area contributed by atoms with Gasteiger partial charge in [-0.3, -0.25) is 4.79 Å². The minimum Gasteiger partial charge on any atom is -0.477 e. The number of benzene rings is 1. The summed E-state index contributed by atoms with van der Waals surface area (Å²) in [5.41, 5.74) is -1.05. The molecule has 2 rings (SSSR count). The van der Waals surface area contributed by atoms with Gasteiger partial charge in [0.15, 0.2) is 0 Å². The van der Waals surface area contributed by atoms with Crippen molar-refractivity contribution in [3.63, 3.8) is 0 Å². The number of carbonyl (C=O) groups is 1. The first-order valence-corrected chi connectivity index (χ1v) is 5.32. The summed E-state index contributed by atoms with van der Waals surface area (Å²) < 4.78 is 14.0. The van der Waals surface area contributed by atoms with Crippen LogP contribution >= 0.6 is 22.6 Å². The molecule has 2 aromatic rings. The van der Waals surface area contributed by atoms with Crippen LogP contribution < -0.4 is 5.43 Å². The Kier molecular flexibility index (Phi) is 2.66. The van der Waals surface area contributed by atoms with Crippen molar-refractivity contribution < 1.29 is 14.3 Å². The smallest absolute Gasteiger partial charge is 0.341 e. The summed E-state index contributed by atoms with van der Waals surface area (Å²) in [5, 5.41) is 8.79. The van der Waals surface area contributed by atoms with Crippen LogP contribution in [-0.4, -0.2) is 16.1 Å². The standard InChI is InChI=1S/C10H5FINO3/c11-7-2-4(12)1-5-8(7)13-3-6(9(5)14)10(15)16/h1-3H,(H,13,14)(H,15,16). The van der Waals surface area contributed by atoms with E-state index in [1.165, 1.54) is 12.1 Å². The zero-order valence-corrected chi connectivity index (χ0v) is 9.91. The number of hydrogen-bond acceptors (Lipinski definition) is 2. The van der Waals surface area contributed by atoms with E-state index in [0.717, 1.165) is 6.20 Å². The van der Waals surface area contributed by atoms with E-state index in [4.69, 9.17) is 5.11 Å². The van der Waals surface area contributed by atoms with Crippen LogP contribution in [0.2, 0.25) is 0 Å². The molecule has 0 aliphatic heterocycles. The summed E-state index contributed by atoms with van der Waals surface area (Å²) in [4.78, 5) is 24.9. The Bertz CT molecular complexity index is 650. The Labute approximate surface area is 102 Å². The SMILES string of the molecule is O=C(O)c1c[nH]c2c(F)cc(I)cc2c1=O. The van der Waals surface area contributed by atoms with E-state index in [-0.39, 0.29) is 10.9 Å². The number of nitrogens with one attached hydrogen (secondary N) is 1. The lowest BCUT2D eigenvalue weighted by Crippen LogP contribution is -2.15. The fourth-order valence-electron chi connectivity index (χ4n) is 1.41. The average Bonchev–Trinajstić information content (AvgIpc) is 2.19. The highest BCUT2D eigenvalue weighted by atomic mass is 127. The number of fused-ring (bicyclic) bond motifs is 1. The first-order chi connectivity index (χ1) is 7.50. The molecule has 82 valence electrons. The predicted octanol–water partition coefficient (Wildman–Crippen LogP) is 1.97. The molecule has 16 heavy (non-hydrogen) atoms. The monoisotopic (exact) mass is 333 g/mol. The maximum Gasteiger partial charge on any atom is 0.341 e. The van der Waals surface area contributed by atoms with Crippen LogP contribution in [0.3, 0.4) is 0 Å². The van der Waals surface area contributed by atoms with Gasteiger partial charge in [0.05, 0.1) is 10.9 Å². The number of aromatic nitrogens is 1. The topological polar surface area (TPSA) is 70.2 Å². The molecule has 0 unspecified atom stereocenters. The Hall–Kier alpha value is -1.44. The number of aromatic amines is 1. The van der Waals surface area contributed by atoms with Crippen molar-refractivity contribution in [2.24, 2.45) is 0 Å². The molecule has 4 nitrogen and oxygen atoms in total. The Morgan fingerprint density at radius 2 is 2.12 bits per heavy atom. The number of hydrogen-bond donors (Lipinski definition) is 2. The van der Waals surface area contributed by atoms with E-state index >= 15 is 0 Å². The molecule has 0 atom stereocenters. The maximum atomic E-state index is 13.4. The van der Waals surface area contributed by atoms with Gasteiger partial charge in [-0.15, -0.1) is 0 Å². The Balaban J connectivity index is 2.95. The highest BCUT2D eigenvalue weighted by Crippen LogP contribution is 2.17. The zero-order valence-electron chi connectivity index (χ0n) is 7.75. The van der Waals surface area contributed by atoms with Gasteiger partial charge in [-0.25, -0.2) is 9.18 Å². The number of H-pyrrole nitrogens is 1. The highest BCUT2D eigenvalue weighted by molar-refractivity contribution is 14.1. The third kappa shape index (κ3) is 1.69. The lowest BCUT2D eigenvalue weighted by atomic mass is 10.1. The lowest BCUT2D eigenvalue weighted by Gasteiger charge is -2.01. The van der Waals surface area contributed by atoms with Gasteiger partial charge < -0.3 is 10.1 Å². The van der Waals surface area contributed by atoms with Crippen molar-refractivity contribution in [3.05, 3.63) is 43.5 Å². The summed E-state index contributed by atoms with van der Waals surface area (Å²) in [5.74, 6) is -1.90. The fraction of sp³-hybridized carbons (Fsp3) is 0. The summed E-state index contributed by atoms with van der Waals surface area (Å²) in [6, 6.07) is 2.71. The molecule has 0 amide bonds. The van der Waals surface area contributed by atoms with Crippen LogP contribution in [0.1, 0.15) is 10.4 Å². The normalized spacial score (nSPS) is 10.6. The molecule has 0 aliphatic rings. The molecule has 0 aliphatic carbocycles. The Morgan fingerprint density at radius 3 is 2.75 bits per heavy atom. The molecule has 1 aromatic heterocycles. The van der Waals surface area contributed by atoms with Gasteiger partial charge in [0, 0.05) is 9.77 Å². The molecule has 6 heteroatoms. The average molecular weight is 333 g/mol. The van der Waals surface area contributed by atoms with Crippen LogP contribution in [0, 0.1) is 9.39 Å². The molecule has 0 saturated heterocycles. The third-order valence-corrected chi connectivity index (χ3v) is 2.76. The lowest BCUT2D eigenvalue weighted by molar-refractivity contribution is 0.0695. The summed E-state index contributed by atoms with van der Waals surface area (Å²) in [6.45, 7) is 0. The zero-order chi connectivity index (χ0) is 11.9. The van der Waals surface area contributed by atoms with Crippen molar-refractivity contribution in [2.75, 3.05) is 0 Å². The van der Waals surface area contributed by atoms with Crippen LogP contribution in [0.25, 0.3) is 10.9 Å². The minimum absolute atomic E-state index is 0.0235. The first-order valence-electron chi connectivity index (χ1n) is 4.24. The molecule has 0 fully saturated rings. The van der Waals surface area contributed by atoms with Gasteiger partial charge in [-0.1, -0.05) is 0 Å². The second-order valence-electron chi connectivity index (χ2n) is 3.15. The molecule has 1 heterocycles. The largest absolute Gasteiger partial charge is 0.477 e. The van der Waals surface area contributed by atoms with E-state index in [1.54, 1.807) is 0 Å². The predicted molar refractivity (Wildman–Crippen MR) is 64.2 cm³/mol. The van der Waals surface area contributed by atoms with E-state index < -0.39 is 22.8 Å². The second-order valence-corrected chi connectivity index (χ2v) is 4.39. The number of aromatic carboxylic acids is 1. The summed E-state index contributed by atoms with van der Waals surface area (Å²) >= 11 is 1.86. The van der Waals surface area contributed by atoms with Crippen LogP contribution in [0.5, 0.6) is 0 Å². The summed E-state index contributed by atoms with van der Waals surface area (Å²) in [6.07, 6.45) is 1.00. The molecule has 0 spiro atoms. The third-order valence-electron chi connectivity index (χ3n) is 2.14. The number of halogens is 2. The quantitative estimate of drug-likeness (QED) is 0.784. The van der Waals surface area contributed by atoms with Gasteiger partial charge in [0.2, 0.25) is 5.43 Å². The fourth-order valence-corrected chi connectivity index (χ4v) is 2.00. The number of carboxylic acid groups (broad SMARTS) is 1. The van der Waals surface area contributed by atoms with Crippen molar-refractivity contribution >= 4 is 39.5 Å². The van der Waals surface area contributed by atoms with Gasteiger partial charge in [0.1, 0.15) is 11.4 Å². The minimum atomic E-state index is -1.33. The van der Waals surface area contributed by atoms with Crippen LogP contribution in [-0.2, 0) is 0 Å². The molecule has 0 bridgehead atoms. The molecular formula is C10H5FINO3. The number of pyridine rings is 1. The van der Waals surface area contributed by atoms with Crippen molar-refractivity contribution in [3.8, 4) is 0 Å². The van der Waals surface area contributed by atoms with Crippen molar-refractivity contribution in [1.29, 1.82) is 0 Å². The first kappa shape index (κ1) is 11.1. The highest BCUT2D eigenvalue weighted by Gasteiger charge is 2.13. The van der Waals surface area contributed by atoms with Crippen LogP contribution in [0.15, 0.2) is 23.1 Å². The molecule has 1 aromatic carbocycles. The van der Waals surface area contributed by atoms with Crippen LogP contribution in [0.4, 0.5) is 4.39 Å². The maximum absolute atomic E-state index is 13.4. The van der Waals surface area contributed by atoms with Gasteiger partial charge in [-0.05, 0) is 34.7 Å². The van der Waals surface area contributed by atoms with Crippen molar-refractivity contribution in [2.45, 2.75) is 0 Å². The van der Waals surface area contributed by atoms with Gasteiger partial charge in [-0.2, -0.15) is 0 Å². The summed E-state index contributed by atoms with van der Waals surface area (Å²) in [7, 11) is 0. The molecule has 2 N–H and O–H groups in total. The molecule has 0 radical (unpaired) electrons. The number of carboxylic acids is 1. The van der Waals surface area contributed by atoms with Gasteiger partial charge >= 0.3 is 5.97 Å². The number of rotatable bonds is 1. The molecular weight excluding hydrogens is 328 g/mol. The molecule has 0 saturated carbocycles. The van der Waals surface area contributed by atoms with E-state index in [0.29, 0.717) is 3.57 Å².